The van der Waals surface area contributed by atoms with E-state index >= 15 is 0 Å². The third-order valence-corrected chi connectivity index (χ3v) is 4.64. The normalized spacial score (nSPS) is 18.9. The highest BCUT2D eigenvalue weighted by Crippen LogP contribution is 2.31. The van der Waals surface area contributed by atoms with Crippen LogP contribution in [0.15, 0.2) is 47.6 Å². The molecule has 1 N–H and O–H groups in total. The third kappa shape index (κ3) is 4.06. The minimum Gasteiger partial charge on any atom is -0.435 e. The molecule has 0 saturated carbocycles. The minimum absolute atomic E-state index is 0.0704. The Balaban J connectivity index is 1.83. The van der Waals surface area contributed by atoms with Crippen LogP contribution in [0.2, 0.25) is 5.02 Å². The number of halogens is 3. The molecule has 0 aromatic heterocycles. The maximum Gasteiger partial charge on any atom is 0.387 e. The van der Waals surface area contributed by atoms with E-state index in [2.05, 4.69) is 15.2 Å². The Morgan fingerprint density at radius 2 is 1.93 bits per heavy atom. The molecule has 1 fully saturated rings. The van der Waals surface area contributed by atoms with E-state index in [0.29, 0.717) is 10.6 Å². The lowest BCUT2D eigenvalue weighted by Gasteiger charge is -2.21. The minimum atomic E-state index is -2.99. The molecule has 3 amide bonds. The first kappa shape index (κ1) is 21.1. The highest BCUT2D eigenvalue weighted by Gasteiger charge is 2.49. The second-order valence-corrected chi connectivity index (χ2v) is 6.69. The topological polar surface area (TPSA) is 114 Å². The monoisotopic (exact) mass is 438 g/mol. The molecule has 0 unspecified atom stereocenters. The fourth-order valence-corrected chi connectivity index (χ4v) is 2.96. The Hall–Kier alpha value is -3.60. The number of urea groups is 1. The van der Waals surface area contributed by atoms with Crippen molar-refractivity contribution in [1.29, 1.82) is 0 Å². The van der Waals surface area contributed by atoms with Crippen molar-refractivity contribution in [1.82, 2.24) is 10.3 Å². The molecule has 1 saturated heterocycles. The van der Waals surface area contributed by atoms with Gasteiger partial charge in [-0.1, -0.05) is 29.8 Å². The Morgan fingerprint density at radius 1 is 1.27 bits per heavy atom. The summed E-state index contributed by atoms with van der Waals surface area (Å²) < 4.78 is 28.8. The van der Waals surface area contributed by atoms with E-state index in [1.54, 1.807) is 0 Å². The van der Waals surface area contributed by atoms with Gasteiger partial charge in [0.05, 0.1) is 11.1 Å². The number of nitrogens with zero attached hydrogens (tertiary/aromatic N) is 3. The largest absolute Gasteiger partial charge is 0.435 e. The van der Waals surface area contributed by atoms with E-state index in [4.69, 9.17) is 11.6 Å². The first-order chi connectivity index (χ1) is 14.1. The highest BCUT2D eigenvalue weighted by atomic mass is 35.5. The molecule has 2 aromatic carbocycles. The number of carbonyl (C=O) groups excluding carboxylic acids is 2. The van der Waals surface area contributed by atoms with Crippen LogP contribution in [0.5, 0.6) is 5.75 Å². The highest BCUT2D eigenvalue weighted by molar-refractivity contribution is 6.32. The summed E-state index contributed by atoms with van der Waals surface area (Å²) in [5.41, 5.74) is -1.28. The maximum absolute atomic E-state index is 12.8. The van der Waals surface area contributed by atoms with Gasteiger partial charge in [-0.3, -0.25) is 14.9 Å². The predicted molar refractivity (Wildman–Crippen MR) is 102 cm³/mol. The fourth-order valence-electron chi connectivity index (χ4n) is 2.77. The maximum atomic E-state index is 12.8. The van der Waals surface area contributed by atoms with Crippen LogP contribution in [0.4, 0.5) is 19.3 Å². The van der Waals surface area contributed by atoms with Gasteiger partial charge in [-0.25, -0.2) is 4.79 Å². The third-order valence-electron chi connectivity index (χ3n) is 4.32. The summed E-state index contributed by atoms with van der Waals surface area (Å²) >= 11 is 5.74. The molecule has 156 valence electrons. The van der Waals surface area contributed by atoms with E-state index in [0.717, 1.165) is 12.3 Å². The second kappa shape index (κ2) is 8.03. The van der Waals surface area contributed by atoms with Crippen LogP contribution in [0.25, 0.3) is 0 Å². The van der Waals surface area contributed by atoms with Gasteiger partial charge in [0, 0.05) is 11.6 Å². The average molecular weight is 439 g/mol. The zero-order valence-electron chi connectivity index (χ0n) is 15.2. The molecule has 1 heterocycles. The van der Waals surface area contributed by atoms with Crippen molar-refractivity contribution >= 4 is 35.4 Å². The molecule has 1 aliphatic heterocycles. The van der Waals surface area contributed by atoms with Gasteiger partial charge in [0.1, 0.15) is 16.3 Å². The van der Waals surface area contributed by atoms with Crippen molar-refractivity contribution in [3.05, 3.63) is 68.7 Å². The van der Waals surface area contributed by atoms with Crippen LogP contribution >= 0.6 is 11.6 Å². The van der Waals surface area contributed by atoms with Crippen LogP contribution in [0.3, 0.4) is 0 Å². The van der Waals surface area contributed by atoms with Crippen LogP contribution < -0.4 is 10.1 Å². The number of hydrogen-bond acceptors (Lipinski definition) is 6. The Bertz CT molecular complexity index is 1050. The van der Waals surface area contributed by atoms with Gasteiger partial charge >= 0.3 is 12.6 Å². The van der Waals surface area contributed by atoms with E-state index in [1.165, 1.54) is 43.3 Å². The molecule has 12 heteroatoms. The zero-order chi connectivity index (χ0) is 22.1. The van der Waals surface area contributed by atoms with Crippen molar-refractivity contribution in [3.8, 4) is 5.75 Å². The molecular weight excluding hydrogens is 426 g/mol. The lowest BCUT2D eigenvalue weighted by Crippen LogP contribution is -2.40. The predicted octanol–water partition coefficient (Wildman–Crippen LogP) is 3.65. The lowest BCUT2D eigenvalue weighted by molar-refractivity contribution is -0.384. The number of nitrogens with one attached hydrogen (secondary N) is 1. The Kier molecular flexibility index (Phi) is 5.65. The Morgan fingerprint density at radius 3 is 2.53 bits per heavy atom. The number of hydrogen-bond donors (Lipinski definition) is 1. The van der Waals surface area contributed by atoms with Gasteiger partial charge in [0.25, 0.3) is 11.6 Å². The van der Waals surface area contributed by atoms with Gasteiger partial charge in [-0.15, -0.1) is 5.01 Å². The quantitative estimate of drug-likeness (QED) is 0.320. The van der Waals surface area contributed by atoms with Gasteiger partial charge in [-0.2, -0.15) is 13.9 Å². The summed E-state index contributed by atoms with van der Waals surface area (Å²) in [5, 5.41) is 17.8. The Labute approximate surface area is 173 Å². The summed E-state index contributed by atoms with van der Waals surface area (Å²) in [5.74, 6) is -0.830. The molecule has 0 bridgehead atoms. The molecule has 1 aliphatic rings. The second-order valence-electron chi connectivity index (χ2n) is 6.29. The number of rotatable bonds is 6. The fraction of sp³-hybridized carbons (Fsp3) is 0.167. The summed E-state index contributed by atoms with van der Waals surface area (Å²) in [7, 11) is 0. The summed E-state index contributed by atoms with van der Waals surface area (Å²) in [6, 6.07) is 8.26. The number of alkyl halides is 2. The molecule has 30 heavy (non-hydrogen) atoms. The van der Waals surface area contributed by atoms with Crippen molar-refractivity contribution in [2.24, 2.45) is 5.10 Å². The molecule has 0 aliphatic carbocycles. The number of nitro benzene ring substituents is 1. The number of hydrazone groups is 1. The lowest BCUT2D eigenvalue weighted by atomic mass is 9.92. The van der Waals surface area contributed by atoms with E-state index in [-0.39, 0.29) is 22.0 Å². The number of carbonyl (C=O) groups is 2. The molecule has 1 atom stereocenters. The van der Waals surface area contributed by atoms with E-state index in [1.807, 2.05) is 0 Å². The first-order valence-corrected chi connectivity index (χ1v) is 8.69. The average Bonchev–Trinajstić information content (AvgIpc) is 2.90. The van der Waals surface area contributed by atoms with Crippen LogP contribution in [0, 0.1) is 10.1 Å². The van der Waals surface area contributed by atoms with E-state index in [9.17, 15) is 28.5 Å². The molecule has 9 nitrogen and oxygen atoms in total. The smallest absolute Gasteiger partial charge is 0.387 e. The number of benzene rings is 2. The van der Waals surface area contributed by atoms with Crippen molar-refractivity contribution in [2.45, 2.75) is 19.1 Å². The number of ether oxygens (including phenoxy) is 1. The van der Waals surface area contributed by atoms with Crippen molar-refractivity contribution in [2.75, 3.05) is 0 Å². The van der Waals surface area contributed by atoms with E-state index < -0.39 is 29.0 Å². The summed E-state index contributed by atoms with van der Waals surface area (Å²) in [6.07, 6.45) is 1.10. The van der Waals surface area contributed by atoms with Gasteiger partial charge < -0.3 is 10.1 Å². The van der Waals surface area contributed by atoms with Crippen molar-refractivity contribution < 1.29 is 28.0 Å². The number of amides is 3. The van der Waals surface area contributed by atoms with Gasteiger partial charge in [-0.05, 0) is 30.7 Å². The first-order valence-electron chi connectivity index (χ1n) is 8.32. The summed E-state index contributed by atoms with van der Waals surface area (Å²) in [4.78, 5) is 35.3. The van der Waals surface area contributed by atoms with Crippen molar-refractivity contribution in [3.63, 3.8) is 0 Å². The zero-order valence-corrected chi connectivity index (χ0v) is 16.0. The SMILES string of the molecule is C[C@]1(c2ccc(OC(F)F)cc2)NC(=O)N(/N=C\c2ccc(Cl)c([N+](=O)[O-])c2)C1=O. The molecule has 2 aromatic rings. The van der Waals surface area contributed by atoms with Crippen LogP contribution in [0.1, 0.15) is 18.1 Å². The number of imide groups is 1. The number of nitro groups is 1. The van der Waals surface area contributed by atoms with Gasteiger partial charge in [0.2, 0.25) is 0 Å². The molecule has 3 rings (SSSR count). The van der Waals surface area contributed by atoms with Crippen LogP contribution in [-0.4, -0.2) is 34.7 Å². The molecule has 0 spiro atoms. The van der Waals surface area contributed by atoms with Crippen LogP contribution in [-0.2, 0) is 10.3 Å². The molecule has 0 radical (unpaired) electrons. The molecular formula is C18H13ClF2N4O5. The summed E-state index contributed by atoms with van der Waals surface area (Å²) in [6.45, 7) is -1.56. The van der Waals surface area contributed by atoms with Gasteiger partial charge in [0.15, 0.2) is 0 Å². The standard InChI is InChI=1S/C18H13ClF2N4O5/c1-18(11-3-5-12(6-4-11)30-16(20)21)15(26)24(17(27)23-18)22-9-10-2-7-13(19)14(8-10)25(28)29/h2-9,16H,1H3,(H,23,27)/b22-9-/t18-/m1/s1.